The summed E-state index contributed by atoms with van der Waals surface area (Å²) in [4.78, 5) is 33.5. The van der Waals surface area contributed by atoms with E-state index in [4.69, 9.17) is 0 Å². The first-order chi connectivity index (χ1) is 13.5. The van der Waals surface area contributed by atoms with Gasteiger partial charge in [-0.3, -0.25) is 9.59 Å². The van der Waals surface area contributed by atoms with Crippen LogP contribution in [0.25, 0.3) is 11.0 Å². The fraction of sp³-hybridized carbons (Fsp3) is 0.318. The summed E-state index contributed by atoms with van der Waals surface area (Å²) in [5.74, 6) is -0.0608. The van der Waals surface area contributed by atoms with Crippen LogP contribution in [-0.2, 0) is 16.1 Å². The molecule has 3 aromatic rings. The zero-order valence-electron chi connectivity index (χ0n) is 16.2. The first-order valence-electron chi connectivity index (χ1n) is 9.56. The number of fused-ring (bicyclic) bond motifs is 1. The lowest BCUT2D eigenvalue weighted by molar-refractivity contribution is -0.147. The molecule has 1 aromatic heterocycles. The number of piperazine rings is 1. The Morgan fingerprint density at radius 1 is 1.11 bits per heavy atom. The second-order valence-electron chi connectivity index (χ2n) is 7.38. The number of carbonyl (C=O) groups is 2. The second kappa shape index (κ2) is 7.46. The van der Waals surface area contributed by atoms with Crippen LogP contribution in [0.15, 0.2) is 54.9 Å². The van der Waals surface area contributed by atoms with Crippen molar-refractivity contribution in [2.45, 2.75) is 26.4 Å². The molecule has 1 aliphatic rings. The molecule has 0 unspecified atom stereocenters. The van der Waals surface area contributed by atoms with Gasteiger partial charge in [-0.1, -0.05) is 42.0 Å². The summed E-state index contributed by atoms with van der Waals surface area (Å²) >= 11 is 0. The summed E-state index contributed by atoms with van der Waals surface area (Å²) in [5, 5.41) is 0. The molecule has 0 radical (unpaired) electrons. The minimum Gasteiger partial charge on any atom is -0.335 e. The van der Waals surface area contributed by atoms with Gasteiger partial charge in [-0.15, -0.1) is 0 Å². The maximum Gasteiger partial charge on any atom is 0.245 e. The number of nitrogens with zero attached hydrogens (tertiary/aromatic N) is 4. The standard InChI is InChI=1S/C22H24N4O2/c1-16-7-9-18(10-8-16)13-24-11-12-25(14-21(24)27)22(28)17(2)26-15-23-19-5-3-4-6-20(19)26/h3-10,15,17H,11-14H2,1-2H3/t17-/m1/s1. The van der Waals surface area contributed by atoms with Gasteiger partial charge in [0.15, 0.2) is 0 Å². The Morgan fingerprint density at radius 2 is 1.86 bits per heavy atom. The van der Waals surface area contributed by atoms with Crippen molar-refractivity contribution in [3.63, 3.8) is 0 Å². The molecule has 0 spiro atoms. The zero-order valence-corrected chi connectivity index (χ0v) is 16.2. The zero-order chi connectivity index (χ0) is 19.7. The van der Waals surface area contributed by atoms with E-state index in [0.29, 0.717) is 19.6 Å². The van der Waals surface area contributed by atoms with Crippen molar-refractivity contribution in [2.75, 3.05) is 19.6 Å². The number of hydrogen-bond donors (Lipinski definition) is 0. The fourth-order valence-electron chi connectivity index (χ4n) is 3.65. The number of para-hydroxylation sites is 2. The van der Waals surface area contributed by atoms with E-state index in [9.17, 15) is 9.59 Å². The van der Waals surface area contributed by atoms with Gasteiger partial charge in [-0.05, 0) is 31.5 Å². The van der Waals surface area contributed by atoms with Crippen molar-refractivity contribution in [3.8, 4) is 0 Å². The SMILES string of the molecule is Cc1ccc(CN2CCN(C(=O)[C@@H](C)n3cnc4ccccc43)CC2=O)cc1. The van der Waals surface area contributed by atoms with Crippen LogP contribution in [-0.4, -0.2) is 50.8 Å². The van der Waals surface area contributed by atoms with Gasteiger partial charge >= 0.3 is 0 Å². The average Bonchev–Trinajstić information content (AvgIpc) is 3.14. The number of carbonyl (C=O) groups excluding carboxylic acids is 2. The highest BCUT2D eigenvalue weighted by atomic mass is 16.2. The number of amides is 2. The van der Waals surface area contributed by atoms with Gasteiger partial charge in [0, 0.05) is 19.6 Å². The highest BCUT2D eigenvalue weighted by Gasteiger charge is 2.30. The molecule has 1 atom stereocenters. The molecular formula is C22H24N4O2. The lowest BCUT2D eigenvalue weighted by Gasteiger charge is -2.35. The van der Waals surface area contributed by atoms with Crippen molar-refractivity contribution < 1.29 is 9.59 Å². The third-order valence-electron chi connectivity index (χ3n) is 5.38. The molecule has 0 aliphatic carbocycles. The van der Waals surface area contributed by atoms with Gasteiger partial charge < -0.3 is 14.4 Å². The fourth-order valence-corrected chi connectivity index (χ4v) is 3.65. The van der Waals surface area contributed by atoms with E-state index >= 15 is 0 Å². The van der Waals surface area contributed by atoms with E-state index in [2.05, 4.69) is 17.1 Å². The van der Waals surface area contributed by atoms with E-state index in [1.54, 1.807) is 11.2 Å². The Hall–Kier alpha value is -3.15. The van der Waals surface area contributed by atoms with Crippen molar-refractivity contribution in [3.05, 3.63) is 66.0 Å². The molecule has 144 valence electrons. The van der Waals surface area contributed by atoms with Gasteiger partial charge in [0.2, 0.25) is 11.8 Å². The highest BCUT2D eigenvalue weighted by Crippen LogP contribution is 2.20. The van der Waals surface area contributed by atoms with Gasteiger partial charge in [0.25, 0.3) is 0 Å². The molecule has 2 aromatic carbocycles. The highest BCUT2D eigenvalue weighted by molar-refractivity contribution is 5.89. The van der Waals surface area contributed by atoms with Crippen LogP contribution in [0.2, 0.25) is 0 Å². The molecule has 2 heterocycles. The lowest BCUT2D eigenvalue weighted by Crippen LogP contribution is -2.53. The van der Waals surface area contributed by atoms with Crippen molar-refractivity contribution >= 4 is 22.8 Å². The van der Waals surface area contributed by atoms with E-state index in [0.717, 1.165) is 16.6 Å². The summed E-state index contributed by atoms with van der Waals surface area (Å²) in [6.45, 7) is 5.72. The minimum absolute atomic E-state index is 0.0112. The van der Waals surface area contributed by atoms with Crippen molar-refractivity contribution in [2.24, 2.45) is 0 Å². The lowest BCUT2D eigenvalue weighted by atomic mass is 10.1. The van der Waals surface area contributed by atoms with E-state index < -0.39 is 6.04 Å². The summed E-state index contributed by atoms with van der Waals surface area (Å²) in [6.07, 6.45) is 1.70. The summed E-state index contributed by atoms with van der Waals surface area (Å²) in [6, 6.07) is 15.5. The molecule has 2 amide bonds. The molecule has 0 N–H and O–H groups in total. The Labute approximate surface area is 164 Å². The van der Waals surface area contributed by atoms with Crippen molar-refractivity contribution in [1.29, 1.82) is 0 Å². The molecule has 0 saturated carbocycles. The molecule has 28 heavy (non-hydrogen) atoms. The van der Waals surface area contributed by atoms with Crippen LogP contribution in [0.4, 0.5) is 0 Å². The minimum atomic E-state index is -0.399. The number of aryl methyl sites for hydroxylation is 1. The summed E-state index contributed by atoms with van der Waals surface area (Å²) in [5.41, 5.74) is 4.09. The smallest absolute Gasteiger partial charge is 0.245 e. The average molecular weight is 376 g/mol. The quantitative estimate of drug-likeness (QED) is 0.704. The molecule has 1 saturated heterocycles. The number of aromatic nitrogens is 2. The number of rotatable bonds is 4. The summed E-state index contributed by atoms with van der Waals surface area (Å²) < 4.78 is 1.88. The van der Waals surface area contributed by atoms with E-state index in [1.165, 1.54) is 5.56 Å². The normalized spacial score (nSPS) is 15.9. The van der Waals surface area contributed by atoms with Gasteiger partial charge in [-0.25, -0.2) is 4.98 Å². The molecule has 6 nitrogen and oxygen atoms in total. The van der Waals surface area contributed by atoms with Crippen LogP contribution in [0, 0.1) is 6.92 Å². The van der Waals surface area contributed by atoms with Gasteiger partial charge in [0.1, 0.15) is 6.04 Å². The third kappa shape index (κ3) is 3.50. The second-order valence-corrected chi connectivity index (χ2v) is 7.38. The van der Waals surface area contributed by atoms with Gasteiger partial charge in [0.05, 0.1) is 23.9 Å². The maximum absolute atomic E-state index is 13.0. The van der Waals surface area contributed by atoms with Crippen LogP contribution >= 0.6 is 0 Å². The predicted molar refractivity (Wildman–Crippen MR) is 108 cm³/mol. The Kier molecular flexibility index (Phi) is 4.86. The molecule has 0 bridgehead atoms. The summed E-state index contributed by atoms with van der Waals surface area (Å²) in [7, 11) is 0. The van der Waals surface area contributed by atoms with Crippen LogP contribution in [0.3, 0.4) is 0 Å². The third-order valence-corrected chi connectivity index (χ3v) is 5.38. The largest absolute Gasteiger partial charge is 0.335 e. The Morgan fingerprint density at radius 3 is 2.61 bits per heavy atom. The molecule has 1 fully saturated rings. The van der Waals surface area contributed by atoms with Gasteiger partial charge in [-0.2, -0.15) is 0 Å². The number of imidazole rings is 1. The van der Waals surface area contributed by atoms with E-state index in [-0.39, 0.29) is 18.4 Å². The molecular weight excluding hydrogens is 352 g/mol. The topological polar surface area (TPSA) is 58.4 Å². The number of hydrogen-bond acceptors (Lipinski definition) is 3. The first-order valence-corrected chi connectivity index (χ1v) is 9.56. The maximum atomic E-state index is 13.0. The van der Waals surface area contributed by atoms with Crippen LogP contribution < -0.4 is 0 Å². The van der Waals surface area contributed by atoms with E-state index in [1.807, 2.05) is 59.7 Å². The monoisotopic (exact) mass is 376 g/mol. The Balaban J connectivity index is 1.42. The predicted octanol–water partition coefficient (Wildman–Crippen LogP) is 2.78. The molecule has 6 heteroatoms. The molecule has 1 aliphatic heterocycles. The van der Waals surface area contributed by atoms with Crippen LogP contribution in [0.1, 0.15) is 24.1 Å². The van der Waals surface area contributed by atoms with Crippen LogP contribution in [0.5, 0.6) is 0 Å². The Bertz CT molecular complexity index is 1010. The van der Waals surface area contributed by atoms with Crippen molar-refractivity contribution in [1.82, 2.24) is 19.4 Å². The number of benzene rings is 2. The molecule has 4 rings (SSSR count). The first kappa shape index (κ1) is 18.2.